The second-order valence-electron chi connectivity index (χ2n) is 9.33. The third kappa shape index (κ3) is 6.56. The third-order valence-corrected chi connectivity index (χ3v) is 7.63. The molecule has 4 rings (SSSR count). The summed E-state index contributed by atoms with van der Waals surface area (Å²) >= 11 is 0.856. The van der Waals surface area contributed by atoms with Gasteiger partial charge in [-0.15, -0.1) is 0 Å². The van der Waals surface area contributed by atoms with E-state index in [-0.39, 0.29) is 34.8 Å². The molecule has 1 atom stereocenters. The van der Waals surface area contributed by atoms with Crippen LogP contribution in [0.1, 0.15) is 36.4 Å². The van der Waals surface area contributed by atoms with E-state index in [2.05, 4.69) is 10.6 Å². The summed E-state index contributed by atoms with van der Waals surface area (Å²) in [5.41, 5.74) is 1.10. The van der Waals surface area contributed by atoms with Crippen LogP contribution in [0.15, 0.2) is 24.3 Å². The van der Waals surface area contributed by atoms with Crippen molar-refractivity contribution in [3.8, 4) is 0 Å². The molecule has 2 aliphatic heterocycles. The van der Waals surface area contributed by atoms with Crippen LogP contribution in [0.25, 0.3) is 0 Å². The first-order chi connectivity index (χ1) is 18.7. The number of anilines is 3. The summed E-state index contributed by atoms with van der Waals surface area (Å²) in [6.45, 7) is 5.88. The summed E-state index contributed by atoms with van der Waals surface area (Å²) in [6, 6.07) is 6.07. The van der Waals surface area contributed by atoms with Gasteiger partial charge >= 0.3 is 11.1 Å². The first-order valence-electron chi connectivity index (χ1n) is 12.8. The number of hydrogen-bond donors (Lipinski definition) is 2. The average molecular weight is 563 g/mol. The van der Waals surface area contributed by atoms with Crippen LogP contribution in [-0.4, -0.2) is 74.7 Å². The highest BCUT2D eigenvalue weighted by molar-refractivity contribution is 7.17. The van der Waals surface area contributed by atoms with E-state index in [0.717, 1.165) is 24.2 Å². The van der Waals surface area contributed by atoms with Crippen molar-refractivity contribution >= 4 is 51.3 Å². The quantitative estimate of drug-likeness (QED) is 0.256. The Morgan fingerprint density at radius 1 is 1.15 bits per heavy atom. The number of carbonyl (C=O) groups is 3. The number of benzene rings is 1. The van der Waals surface area contributed by atoms with E-state index in [4.69, 9.17) is 4.74 Å². The van der Waals surface area contributed by atoms with Gasteiger partial charge in [0.25, 0.3) is 5.91 Å². The summed E-state index contributed by atoms with van der Waals surface area (Å²) < 4.78 is 20.4. The monoisotopic (exact) mass is 562 g/mol. The summed E-state index contributed by atoms with van der Waals surface area (Å²) in [5.74, 6) is -1.07. The molecule has 12 nitrogen and oxygen atoms in total. The van der Waals surface area contributed by atoms with Crippen molar-refractivity contribution in [2.75, 3.05) is 60.5 Å². The first-order valence-corrected chi connectivity index (χ1v) is 13.6. The number of carbonyl (C=O) groups excluding carboxylic acids is 3. The number of nitrogens with zero attached hydrogens (tertiary/aromatic N) is 4. The Morgan fingerprint density at radius 3 is 2.46 bits per heavy atom. The minimum absolute atomic E-state index is 0.0890. The highest BCUT2D eigenvalue weighted by Gasteiger charge is 2.33. The van der Waals surface area contributed by atoms with E-state index in [1.807, 2.05) is 16.7 Å². The zero-order valence-corrected chi connectivity index (χ0v) is 22.6. The fourth-order valence-electron chi connectivity index (χ4n) is 4.51. The van der Waals surface area contributed by atoms with Crippen molar-refractivity contribution in [3.63, 3.8) is 0 Å². The van der Waals surface area contributed by atoms with Crippen molar-refractivity contribution in [3.05, 3.63) is 45.1 Å². The normalized spacial score (nSPS) is 17.3. The lowest BCUT2D eigenvalue weighted by molar-refractivity contribution is -0.379. The molecular formula is C25H31FN6O6S. The van der Waals surface area contributed by atoms with Crippen molar-refractivity contribution in [2.24, 2.45) is 0 Å². The second-order valence-corrected chi connectivity index (χ2v) is 10.4. The van der Waals surface area contributed by atoms with E-state index < -0.39 is 22.9 Å². The molecule has 2 saturated heterocycles. The topological polar surface area (TPSA) is 137 Å². The maximum atomic E-state index is 15.2. The lowest BCUT2D eigenvalue weighted by Gasteiger charge is -2.36. The summed E-state index contributed by atoms with van der Waals surface area (Å²) in [4.78, 5) is 52.3. The summed E-state index contributed by atoms with van der Waals surface area (Å²) in [6.07, 6.45) is 0.616. The van der Waals surface area contributed by atoms with Crippen LogP contribution in [0.5, 0.6) is 0 Å². The van der Waals surface area contributed by atoms with E-state index in [0.29, 0.717) is 49.8 Å². The van der Waals surface area contributed by atoms with Gasteiger partial charge in [0.05, 0.1) is 29.4 Å². The van der Waals surface area contributed by atoms with Gasteiger partial charge in [0.2, 0.25) is 5.91 Å². The molecule has 0 unspecified atom stereocenters. The molecule has 0 aliphatic carbocycles. The van der Waals surface area contributed by atoms with Gasteiger partial charge in [-0.2, -0.15) is 0 Å². The molecule has 210 valence electrons. The first kappa shape index (κ1) is 28.1. The molecule has 0 saturated carbocycles. The molecule has 2 N–H and O–H groups in total. The Hall–Kier alpha value is -3.94. The number of cyclic esters (lactones) is 1. The van der Waals surface area contributed by atoms with Crippen LogP contribution in [0.3, 0.4) is 0 Å². The maximum Gasteiger partial charge on any atom is 0.414 e. The van der Waals surface area contributed by atoms with E-state index in [9.17, 15) is 24.5 Å². The van der Waals surface area contributed by atoms with Crippen LogP contribution in [-0.2, 0) is 9.53 Å². The van der Waals surface area contributed by atoms with E-state index in [1.165, 1.54) is 17.9 Å². The van der Waals surface area contributed by atoms with Crippen LogP contribution >= 0.6 is 11.3 Å². The standard InChI is InChI=1S/C25H31FN6O6S/c1-3-4-7-27-23(34)22-13-21(24(39-22)32(36)37)30-10-8-29(9-11-30)20-6-5-17(12-19(20)26)31-15-18(38-25(31)35)14-28-16(2)33/h5-6,12-13,18H,3-4,7-11,14-15H2,1-2H3,(H,27,34)(H,28,33)/t18-/m0/s1. The smallest absolute Gasteiger partial charge is 0.414 e. The van der Waals surface area contributed by atoms with Crippen molar-refractivity contribution in [1.82, 2.24) is 10.6 Å². The van der Waals surface area contributed by atoms with Crippen molar-refractivity contribution in [1.29, 1.82) is 0 Å². The number of rotatable bonds is 10. The molecule has 3 heterocycles. The molecule has 14 heteroatoms. The number of unbranched alkanes of at least 4 members (excludes halogenated alkanes) is 1. The van der Waals surface area contributed by atoms with Gasteiger partial charge in [-0.25, -0.2) is 9.18 Å². The second kappa shape index (κ2) is 12.3. The van der Waals surface area contributed by atoms with Gasteiger partial charge in [-0.3, -0.25) is 24.6 Å². The zero-order chi connectivity index (χ0) is 28.1. The average Bonchev–Trinajstić information content (AvgIpc) is 3.52. The van der Waals surface area contributed by atoms with Crippen LogP contribution in [0, 0.1) is 15.9 Å². The molecule has 1 aromatic heterocycles. The Balaban J connectivity index is 1.40. The molecule has 3 amide bonds. The van der Waals surface area contributed by atoms with Gasteiger partial charge in [0.15, 0.2) is 0 Å². The largest absolute Gasteiger partial charge is 0.442 e. The lowest BCUT2D eigenvalue weighted by atomic mass is 10.2. The number of thiophene rings is 1. The number of hydrogen-bond acceptors (Lipinski definition) is 9. The number of halogens is 1. The molecular weight excluding hydrogens is 531 g/mol. The van der Waals surface area contributed by atoms with Gasteiger partial charge in [0.1, 0.15) is 22.5 Å². The van der Waals surface area contributed by atoms with Crippen molar-refractivity contribution in [2.45, 2.75) is 32.8 Å². The van der Waals surface area contributed by atoms with Crippen LogP contribution < -0.4 is 25.3 Å². The minimum Gasteiger partial charge on any atom is -0.442 e. The Morgan fingerprint density at radius 2 is 1.85 bits per heavy atom. The Bertz CT molecular complexity index is 1250. The molecule has 2 aliphatic rings. The number of ether oxygens (including phenoxy) is 1. The predicted molar refractivity (Wildman–Crippen MR) is 145 cm³/mol. The van der Waals surface area contributed by atoms with Crippen molar-refractivity contribution < 1.29 is 28.4 Å². The molecule has 0 radical (unpaired) electrons. The number of amides is 3. The van der Waals surface area contributed by atoms with Gasteiger partial charge in [-0.1, -0.05) is 24.7 Å². The van der Waals surface area contributed by atoms with Gasteiger partial charge < -0.3 is 25.2 Å². The number of nitrogens with one attached hydrogen (secondary N) is 2. The van der Waals surface area contributed by atoms with E-state index >= 15 is 4.39 Å². The maximum absolute atomic E-state index is 15.2. The van der Waals surface area contributed by atoms with Gasteiger partial charge in [0, 0.05) is 39.6 Å². The molecule has 39 heavy (non-hydrogen) atoms. The van der Waals surface area contributed by atoms with Gasteiger partial charge in [-0.05, 0) is 30.7 Å². The summed E-state index contributed by atoms with van der Waals surface area (Å²) in [7, 11) is 0. The highest BCUT2D eigenvalue weighted by Crippen LogP contribution is 2.38. The lowest BCUT2D eigenvalue weighted by Crippen LogP contribution is -2.46. The number of piperazine rings is 1. The molecule has 2 fully saturated rings. The zero-order valence-electron chi connectivity index (χ0n) is 21.8. The predicted octanol–water partition coefficient (Wildman–Crippen LogP) is 3.11. The summed E-state index contributed by atoms with van der Waals surface area (Å²) in [5, 5.41) is 17.0. The molecule has 0 spiro atoms. The van der Waals surface area contributed by atoms with E-state index in [1.54, 1.807) is 18.2 Å². The minimum atomic E-state index is -0.609. The molecule has 2 aromatic rings. The number of nitro groups is 1. The highest BCUT2D eigenvalue weighted by atomic mass is 32.1. The Labute approximate surface area is 228 Å². The third-order valence-electron chi connectivity index (χ3n) is 6.56. The van der Waals surface area contributed by atoms with Crippen LogP contribution in [0.2, 0.25) is 0 Å². The fourth-order valence-corrected chi connectivity index (χ4v) is 5.42. The molecule has 1 aromatic carbocycles. The fraction of sp³-hybridized carbons (Fsp3) is 0.480. The molecule has 0 bridgehead atoms. The Kier molecular flexibility index (Phi) is 8.84. The SMILES string of the molecule is CCCCNC(=O)c1cc(N2CCN(c3ccc(N4C[C@H](CNC(C)=O)OC4=O)cc3F)CC2)c([N+](=O)[O-])s1. The van der Waals surface area contributed by atoms with Crippen LogP contribution in [0.4, 0.5) is 31.2 Å².